The number of benzene rings is 1. The van der Waals surface area contributed by atoms with E-state index in [9.17, 15) is 31.1 Å². The lowest BCUT2D eigenvalue weighted by Gasteiger charge is -2.13. The molecule has 12 heteroatoms. The van der Waals surface area contributed by atoms with Crippen LogP contribution in [-0.4, -0.2) is 20.7 Å². The number of carbonyl (C=O) groups is 1. The molecule has 0 aliphatic rings. The number of aryl methyl sites for hydroxylation is 1. The van der Waals surface area contributed by atoms with E-state index >= 15 is 0 Å². The van der Waals surface area contributed by atoms with E-state index in [1.807, 2.05) is 0 Å². The number of nitrogens with two attached hydrogens (primary N) is 1. The number of nitrogen functional groups attached to an aromatic ring is 1. The van der Waals surface area contributed by atoms with Crippen molar-refractivity contribution in [2.45, 2.75) is 19.3 Å². The summed E-state index contributed by atoms with van der Waals surface area (Å²) >= 11 is 0. The van der Waals surface area contributed by atoms with E-state index in [-0.39, 0.29) is 22.9 Å². The molecule has 0 aliphatic carbocycles. The summed E-state index contributed by atoms with van der Waals surface area (Å²) < 4.78 is 77.7. The zero-order valence-electron chi connectivity index (χ0n) is 15.1. The molecule has 2 aromatic heterocycles. The molecule has 3 N–H and O–H groups in total. The maximum Gasteiger partial charge on any atom is 0.417 e. The van der Waals surface area contributed by atoms with E-state index in [4.69, 9.17) is 5.73 Å². The van der Waals surface area contributed by atoms with Crippen LogP contribution in [-0.2, 0) is 12.4 Å². The summed E-state index contributed by atoms with van der Waals surface area (Å²) in [5.41, 5.74) is 4.24. The van der Waals surface area contributed by atoms with Gasteiger partial charge in [0.15, 0.2) is 0 Å². The molecule has 0 radical (unpaired) electrons. The van der Waals surface area contributed by atoms with Gasteiger partial charge in [0.25, 0.3) is 5.91 Å². The zero-order valence-corrected chi connectivity index (χ0v) is 15.1. The van der Waals surface area contributed by atoms with Crippen molar-refractivity contribution in [3.05, 3.63) is 65.0 Å². The number of anilines is 2. The Morgan fingerprint density at radius 1 is 1.00 bits per heavy atom. The van der Waals surface area contributed by atoms with Crippen LogP contribution in [0.1, 0.15) is 27.0 Å². The van der Waals surface area contributed by atoms with Gasteiger partial charge in [0.2, 0.25) is 0 Å². The summed E-state index contributed by atoms with van der Waals surface area (Å²) in [5, 5.41) is 6.14. The number of rotatable bonds is 3. The van der Waals surface area contributed by atoms with Crippen molar-refractivity contribution >= 4 is 17.5 Å². The second-order valence-corrected chi connectivity index (χ2v) is 6.24. The van der Waals surface area contributed by atoms with Crippen LogP contribution in [0.2, 0.25) is 0 Å². The highest BCUT2D eigenvalue weighted by molar-refractivity contribution is 6.06. The molecular formula is C18H13F6N5O. The lowest BCUT2D eigenvalue weighted by atomic mass is 10.1. The molecule has 1 aromatic carbocycles. The molecule has 0 unspecified atom stereocenters. The highest BCUT2D eigenvalue weighted by Crippen LogP contribution is 2.32. The molecule has 158 valence electrons. The molecule has 0 bridgehead atoms. The van der Waals surface area contributed by atoms with Crippen molar-refractivity contribution < 1.29 is 31.1 Å². The maximum atomic E-state index is 13.0. The van der Waals surface area contributed by atoms with Gasteiger partial charge in [-0.2, -0.15) is 31.4 Å². The largest absolute Gasteiger partial charge is 0.417 e. The van der Waals surface area contributed by atoms with Crippen LogP contribution in [0.5, 0.6) is 0 Å². The van der Waals surface area contributed by atoms with Gasteiger partial charge in [-0.1, -0.05) is 6.07 Å². The molecule has 0 saturated heterocycles. The van der Waals surface area contributed by atoms with Crippen LogP contribution in [0, 0.1) is 6.92 Å². The van der Waals surface area contributed by atoms with Crippen LogP contribution in [0.3, 0.4) is 0 Å². The van der Waals surface area contributed by atoms with Gasteiger partial charge in [0, 0.05) is 6.20 Å². The molecule has 3 rings (SSSR count). The van der Waals surface area contributed by atoms with Crippen molar-refractivity contribution in [1.82, 2.24) is 14.8 Å². The summed E-state index contributed by atoms with van der Waals surface area (Å²) in [6.07, 6.45) is -7.58. The minimum absolute atomic E-state index is 0.0223. The van der Waals surface area contributed by atoms with Crippen molar-refractivity contribution in [1.29, 1.82) is 0 Å². The summed E-state index contributed by atoms with van der Waals surface area (Å²) in [6, 6.07) is 4.69. The van der Waals surface area contributed by atoms with E-state index in [1.54, 1.807) is 6.92 Å². The number of alkyl halides is 6. The molecule has 30 heavy (non-hydrogen) atoms. The number of hydrogen-bond donors (Lipinski definition) is 2. The first-order valence-corrected chi connectivity index (χ1v) is 8.24. The Bertz CT molecular complexity index is 1090. The topological polar surface area (TPSA) is 85.8 Å². The number of amides is 1. The normalized spacial score (nSPS) is 12.1. The van der Waals surface area contributed by atoms with Gasteiger partial charge in [0.05, 0.1) is 23.0 Å². The Balaban J connectivity index is 1.88. The Hall–Kier alpha value is -3.57. The van der Waals surface area contributed by atoms with Crippen LogP contribution >= 0.6 is 0 Å². The summed E-state index contributed by atoms with van der Waals surface area (Å²) in [7, 11) is 0. The van der Waals surface area contributed by atoms with Gasteiger partial charge >= 0.3 is 12.4 Å². The standard InChI is InChI=1S/C18H13F6N5O/c1-9-2-3-10(17(19,20)21)6-13(9)29-15(25)12(8-27-29)16(30)28-14-5-4-11(7-26-14)18(22,23)24/h2-8H,25H2,1H3,(H,26,28,30). The number of pyridine rings is 1. The van der Waals surface area contributed by atoms with Gasteiger partial charge in [-0.15, -0.1) is 0 Å². The van der Waals surface area contributed by atoms with Gasteiger partial charge in [0.1, 0.15) is 17.2 Å². The fourth-order valence-corrected chi connectivity index (χ4v) is 2.56. The number of hydrogen-bond acceptors (Lipinski definition) is 4. The molecule has 0 saturated carbocycles. The number of nitrogens with one attached hydrogen (secondary N) is 1. The number of nitrogens with zero attached hydrogens (tertiary/aromatic N) is 3. The average molecular weight is 429 g/mol. The Morgan fingerprint density at radius 3 is 2.20 bits per heavy atom. The van der Waals surface area contributed by atoms with E-state index in [2.05, 4.69) is 15.4 Å². The zero-order chi connectivity index (χ0) is 22.3. The fraction of sp³-hybridized carbons (Fsp3) is 0.167. The van der Waals surface area contributed by atoms with Crippen LogP contribution < -0.4 is 11.1 Å². The van der Waals surface area contributed by atoms with Gasteiger partial charge in [-0.25, -0.2) is 9.67 Å². The number of halogens is 6. The highest BCUT2D eigenvalue weighted by Gasteiger charge is 2.32. The third-order valence-corrected chi connectivity index (χ3v) is 4.15. The van der Waals surface area contributed by atoms with Crippen LogP contribution in [0.4, 0.5) is 38.0 Å². The molecule has 6 nitrogen and oxygen atoms in total. The molecule has 0 spiro atoms. The molecule has 3 aromatic rings. The van der Waals surface area contributed by atoms with E-state index in [0.29, 0.717) is 11.8 Å². The molecule has 0 atom stereocenters. The molecular weight excluding hydrogens is 416 g/mol. The summed E-state index contributed by atoms with van der Waals surface area (Å²) in [4.78, 5) is 15.9. The van der Waals surface area contributed by atoms with Crippen LogP contribution in [0.25, 0.3) is 5.69 Å². The van der Waals surface area contributed by atoms with E-state index in [1.165, 1.54) is 6.07 Å². The molecule has 0 aliphatic heterocycles. The maximum absolute atomic E-state index is 13.0. The van der Waals surface area contributed by atoms with Crippen molar-refractivity contribution in [2.75, 3.05) is 11.1 Å². The fourth-order valence-electron chi connectivity index (χ4n) is 2.56. The van der Waals surface area contributed by atoms with Gasteiger partial charge in [-0.3, -0.25) is 4.79 Å². The van der Waals surface area contributed by atoms with Gasteiger partial charge < -0.3 is 11.1 Å². The SMILES string of the molecule is Cc1ccc(C(F)(F)F)cc1-n1ncc(C(=O)Nc2ccc(C(F)(F)F)cn2)c1N. The van der Waals surface area contributed by atoms with E-state index in [0.717, 1.165) is 35.1 Å². The molecule has 0 fully saturated rings. The van der Waals surface area contributed by atoms with Crippen molar-refractivity contribution in [3.63, 3.8) is 0 Å². The lowest BCUT2D eigenvalue weighted by molar-refractivity contribution is -0.138. The predicted molar refractivity (Wildman–Crippen MR) is 94.9 cm³/mol. The smallest absolute Gasteiger partial charge is 0.383 e. The van der Waals surface area contributed by atoms with Gasteiger partial charge in [-0.05, 0) is 36.8 Å². The monoisotopic (exact) mass is 429 g/mol. The molecule has 2 heterocycles. The second kappa shape index (κ2) is 7.35. The molecule has 1 amide bonds. The Kier molecular flexibility index (Phi) is 5.18. The minimum Gasteiger partial charge on any atom is -0.383 e. The van der Waals surface area contributed by atoms with Crippen molar-refractivity contribution in [2.24, 2.45) is 0 Å². The lowest BCUT2D eigenvalue weighted by Crippen LogP contribution is -2.16. The first-order valence-electron chi connectivity index (χ1n) is 8.24. The Labute approximate surface area is 165 Å². The summed E-state index contributed by atoms with van der Waals surface area (Å²) in [5.74, 6) is -1.26. The van der Waals surface area contributed by atoms with Crippen molar-refractivity contribution in [3.8, 4) is 5.69 Å². The third-order valence-electron chi connectivity index (χ3n) is 4.15. The number of aromatic nitrogens is 3. The van der Waals surface area contributed by atoms with Crippen LogP contribution in [0.15, 0.2) is 42.7 Å². The quantitative estimate of drug-likeness (QED) is 0.603. The van der Waals surface area contributed by atoms with E-state index < -0.39 is 29.4 Å². The number of carbonyl (C=O) groups excluding carboxylic acids is 1. The minimum atomic E-state index is -4.58. The predicted octanol–water partition coefficient (Wildman–Crippen LogP) is 4.45. The highest BCUT2D eigenvalue weighted by atomic mass is 19.4. The average Bonchev–Trinajstić information content (AvgIpc) is 3.02. The second-order valence-electron chi connectivity index (χ2n) is 6.24. The summed E-state index contributed by atoms with van der Waals surface area (Å²) in [6.45, 7) is 1.54. The third kappa shape index (κ3) is 4.21. The first kappa shape index (κ1) is 21.1. The first-order chi connectivity index (χ1) is 13.9. The Morgan fingerprint density at radius 2 is 1.63 bits per heavy atom.